The SMILES string of the molecule is CCSC(/C=C\C(NC(=O)CCc1cc(Cl)cc(Cl)c1)=C(/C)Cl)=C\NC. The highest BCUT2D eigenvalue weighted by atomic mass is 35.5. The van der Waals surface area contributed by atoms with Gasteiger partial charge < -0.3 is 10.6 Å². The summed E-state index contributed by atoms with van der Waals surface area (Å²) in [7, 11) is 1.84. The molecule has 7 heteroatoms. The fourth-order valence-corrected chi connectivity index (χ4v) is 3.46. The Kier molecular flexibility index (Phi) is 10.9. The van der Waals surface area contributed by atoms with Gasteiger partial charge in [-0.05, 0) is 55.0 Å². The lowest BCUT2D eigenvalue weighted by Gasteiger charge is -2.09. The van der Waals surface area contributed by atoms with Gasteiger partial charge in [0.25, 0.3) is 0 Å². The summed E-state index contributed by atoms with van der Waals surface area (Å²) >= 11 is 19.8. The van der Waals surface area contributed by atoms with Crippen LogP contribution < -0.4 is 10.6 Å². The molecule has 0 heterocycles. The molecule has 1 amide bonds. The van der Waals surface area contributed by atoms with E-state index in [1.165, 1.54) is 0 Å². The summed E-state index contributed by atoms with van der Waals surface area (Å²) in [6, 6.07) is 5.28. The van der Waals surface area contributed by atoms with Crippen LogP contribution in [0.2, 0.25) is 10.0 Å². The standard InChI is InChI=1S/C19H23Cl3N2OS/c1-4-26-17(12-23-3)6-7-18(13(2)20)24-19(25)8-5-14-9-15(21)11-16(22)10-14/h6-7,9-12,23H,4-5,8H2,1-3H3,(H,24,25)/b7-6-,17-12-,18-13-. The van der Waals surface area contributed by atoms with E-state index in [-0.39, 0.29) is 5.91 Å². The van der Waals surface area contributed by atoms with Crippen molar-refractivity contribution in [2.24, 2.45) is 0 Å². The lowest BCUT2D eigenvalue weighted by atomic mass is 10.1. The average Bonchev–Trinajstić information content (AvgIpc) is 2.56. The Balaban J connectivity index is 2.71. The largest absolute Gasteiger partial charge is 0.393 e. The monoisotopic (exact) mass is 432 g/mol. The van der Waals surface area contributed by atoms with Crippen LogP contribution in [0.3, 0.4) is 0 Å². The molecular weight excluding hydrogens is 411 g/mol. The summed E-state index contributed by atoms with van der Waals surface area (Å²) in [6.07, 6.45) is 6.48. The van der Waals surface area contributed by atoms with Crippen LogP contribution in [0.1, 0.15) is 25.8 Å². The van der Waals surface area contributed by atoms with E-state index in [4.69, 9.17) is 34.8 Å². The molecule has 0 bridgehead atoms. The van der Waals surface area contributed by atoms with Crippen molar-refractivity contribution in [3.8, 4) is 0 Å². The predicted octanol–water partition coefficient (Wildman–Crippen LogP) is 5.88. The van der Waals surface area contributed by atoms with Crippen LogP contribution >= 0.6 is 46.6 Å². The number of rotatable bonds is 9. The zero-order valence-electron chi connectivity index (χ0n) is 15.0. The second-order valence-corrected chi connectivity index (χ2v) is 8.15. The Labute approximate surface area is 174 Å². The van der Waals surface area contributed by atoms with E-state index in [0.717, 1.165) is 16.2 Å². The number of hydrogen-bond acceptors (Lipinski definition) is 3. The smallest absolute Gasteiger partial charge is 0.224 e. The highest BCUT2D eigenvalue weighted by Crippen LogP contribution is 2.20. The van der Waals surface area contributed by atoms with E-state index in [9.17, 15) is 4.79 Å². The van der Waals surface area contributed by atoms with Gasteiger partial charge in [-0.1, -0.05) is 41.7 Å². The molecule has 2 N–H and O–H groups in total. The fourth-order valence-electron chi connectivity index (χ4n) is 2.08. The quantitative estimate of drug-likeness (QED) is 0.478. The van der Waals surface area contributed by atoms with Gasteiger partial charge in [0.2, 0.25) is 5.91 Å². The van der Waals surface area contributed by atoms with Crippen LogP contribution in [-0.4, -0.2) is 18.7 Å². The van der Waals surface area contributed by atoms with Crippen molar-refractivity contribution in [3.05, 3.63) is 67.8 Å². The van der Waals surface area contributed by atoms with E-state index in [1.54, 1.807) is 36.9 Å². The first-order valence-corrected chi connectivity index (χ1v) is 10.3. The minimum atomic E-state index is -0.122. The molecule has 0 radical (unpaired) electrons. The van der Waals surface area contributed by atoms with Crippen molar-refractivity contribution in [2.75, 3.05) is 12.8 Å². The van der Waals surface area contributed by atoms with Crippen LogP contribution in [0.25, 0.3) is 0 Å². The third-order valence-electron chi connectivity index (χ3n) is 3.22. The van der Waals surface area contributed by atoms with Gasteiger partial charge in [0.1, 0.15) is 0 Å². The minimum Gasteiger partial charge on any atom is -0.393 e. The third-order valence-corrected chi connectivity index (χ3v) is 4.74. The van der Waals surface area contributed by atoms with E-state index >= 15 is 0 Å². The molecule has 0 aliphatic carbocycles. The zero-order chi connectivity index (χ0) is 19.5. The lowest BCUT2D eigenvalue weighted by molar-refractivity contribution is -0.120. The number of nitrogens with one attached hydrogen (secondary N) is 2. The van der Waals surface area contributed by atoms with E-state index < -0.39 is 0 Å². The van der Waals surface area contributed by atoms with Crippen molar-refractivity contribution >= 4 is 52.5 Å². The first-order chi connectivity index (χ1) is 12.3. The Morgan fingerprint density at radius 2 is 1.85 bits per heavy atom. The molecule has 142 valence electrons. The van der Waals surface area contributed by atoms with Gasteiger partial charge in [-0.25, -0.2) is 0 Å². The molecule has 0 saturated carbocycles. The molecule has 1 aromatic carbocycles. The maximum atomic E-state index is 12.3. The van der Waals surface area contributed by atoms with Gasteiger partial charge in [-0.2, -0.15) is 0 Å². The summed E-state index contributed by atoms with van der Waals surface area (Å²) in [6.45, 7) is 3.82. The number of aryl methyl sites for hydroxylation is 1. The van der Waals surface area contributed by atoms with Crippen molar-refractivity contribution in [3.63, 3.8) is 0 Å². The van der Waals surface area contributed by atoms with Gasteiger partial charge in [-0.3, -0.25) is 4.79 Å². The Bertz CT molecular complexity index is 690. The van der Waals surface area contributed by atoms with Gasteiger partial charge in [0.05, 0.1) is 5.70 Å². The molecule has 1 rings (SSSR count). The van der Waals surface area contributed by atoms with Crippen molar-refractivity contribution in [1.29, 1.82) is 0 Å². The molecule has 0 saturated heterocycles. The third kappa shape index (κ3) is 9.04. The maximum Gasteiger partial charge on any atom is 0.224 e. The molecule has 0 fully saturated rings. The van der Waals surface area contributed by atoms with Gasteiger partial charge in [0, 0.05) is 39.7 Å². The van der Waals surface area contributed by atoms with Crippen LogP contribution in [0.5, 0.6) is 0 Å². The first-order valence-electron chi connectivity index (χ1n) is 8.15. The number of halogens is 3. The van der Waals surface area contributed by atoms with Crippen molar-refractivity contribution in [2.45, 2.75) is 26.7 Å². The van der Waals surface area contributed by atoms with Gasteiger partial charge in [-0.15, -0.1) is 11.8 Å². The highest BCUT2D eigenvalue weighted by molar-refractivity contribution is 8.03. The predicted molar refractivity (Wildman–Crippen MR) is 116 cm³/mol. The van der Waals surface area contributed by atoms with Crippen LogP contribution in [0.4, 0.5) is 0 Å². The van der Waals surface area contributed by atoms with Gasteiger partial charge in [0.15, 0.2) is 0 Å². The summed E-state index contributed by atoms with van der Waals surface area (Å²) in [4.78, 5) is 13.3. The number of thioether (sulfide) groups is 1. The number of amides is 1. The van der Waals surface area contributed by atoms with E-state index in [2.05, 4.69) is 17.6 Å². The first kappa shape index (κ1) is 23.0. The van der Waals surface area contributed by atoms with Crippen LogP contribution in [0.15, 0.2) is 52.2 Å². The Morgan fingerprint density at radius 1 is 1.19 bits per heavy atom. The molecule has 0 atom stereocenters. The molecule has 1 aromatic rings. The number of benzene rings is 1. The molecule has 0 aliphatic heterocycles. The van der Waals surface area contributed by atoms with Crippen LogP contribution in [-0.2, 0) is 11.2 Å². The highest BCUT2D eigenvalue weighted by Gasteiger charge is 2.07. The Morgan fingerprint density at radius 3 is 2.38 bits per heavy atom. The van der Waals surface area contributed by atoms with E-state index in [1.807, 2.05) is 25.4 Å². The topological polar surface area (TPSA) is 41.1 Å². The van der Waals surface area contributed by atoms with Crippen LogP contribution in [0, 0.1) is 0 Å². The fraction of sp³-hybridized carbons (Fsp3) is 0.316. The number of allylic oxidation sites excluding steroid dienone is 3. The van der Waals surface area contributed by atoms with E-state index in [0.29, 0.717) is 33.6 Å². The van der Waals surface area contributed by atoms with Crippen molar-refractivity contribution < 1.29 is 4.79 Å². The zero-order valence-corrected chi connectivity index (χ0v) is 18.1. The summed E-state index contributed by atoms with van der Waals surface area (Å²) in [5.74, 6) is 0.828. The number of carbonyl (C=O) groups excluding carboxylic acids is 1. The second kappa shape index (κ2) is 12.3. The van der Waals surface area contributed by atoms with Crippen molar-refractivity contribution in [1.82, 2.24) is 10.6 Å². The molecular formula is C19H23Cl3N2OS. The normalized spacial score (nSPS) is 12.9. The second-order valence-electron chi connectivity index (χ2n) is 5.37. The number of carbonyl (C=O) groups is 1. The lowest BCUT2D eigenvalue weighted by Crippen LogP contribution is -2.22. The molecule has 0 unspecified atom stereocenters. The Hall–Kier alpha value is -1.07. The molecule has 0 aliphatic rings. The minimum absolute atomic E-state index is 0.122. The molecule has 0 aromatic heterocycles. The summed E-state index contributed by atoms with van der Waals surface area (Å²) in [5, 5.41) is 7.50. The molecule has 26 heavy (non-hydrogen) atoms. The molecule has 3 nitrogen and oxygen atoms in total. The average molecular weight is 434 g/mol. The molecule has 0 spiro atoms. The summed E-state index contributed by atoms with van der Waals surface area (Å²) < 4.78 is 0. The number of hydrogen-bond donors (Lipinski definition) is 2. The summed E-state index contributed by atoms with van der Waals surface area (Å²) in [5.41, 5.74) is 1.50. The van der Waals surface area contributed by atoms with Gasteiger partial charge >= 0.3 is 0 Å². The maximum absolute atomic E-state index is 12.3.